The van der Waals surface area contributed by atoms with Gasteiger partial charge >= 0.3 is 6.03 Å². The molecule has 0 atom stereocenters. The molecule has 3 aromatic rings. The molecule has 2 N–H and O–H groups in total. The maximum Gasteiger partial charge on any atom is 0.322 e. The monoisotopic (exact) mass is 622 g/mol. The van der Waals surface area contributed by atoms with Gasteiger partial charge in [0.05, 0.1) is 11.9 Å². The molecule has 0 bridgehead atoms. The number of likely N-dealkylation sites (tertiary alicyclic amines) is 1. The van der Waals surface area contributed by atoms with E-state index in [2.05, 4.69) is 21.9 Å². The van der Waals surface area contributed by atoms with Crippen molar-refractivity contribution >= 4 is 39.8 Å². The van der Waals surface area contributed by atoms with Gasteiger partial charge in [0, 0.05) is 44.0 Å². The summed E-state index contributed by atoms with van der Waals surface area (Å²) in [5.74, 6) is -0.210. The Morgan fingerprint density at radius 1 is 1.00 bits per heavy atom. The molecular weight excluding hydrogens is 586 g/mol. The normalized spacial score (nSPS) is 14.1. The number of halogens is 3. The Labute approximate surface area is 252 Å². The Morgan fingerprint density at radius 2 is 1.62 bits per heavy atom. The van der Waals surface area contributed by atoms with Crippen LogP contribution in [0.3, 0.4) is 0 Å². The van der Waals surface area contributed by atoms with Gasteiger partial charge in [0.15, 0.2) is 0 Å². The first-order valence-corrected chi connectivity index (χ1v) is 15.6. The van der Waals surface area contributed by atoms with Gasteiger partial charge in [0.25, 0.3) is 0 Å². The van der Waals surface area contributed by atoms with Crippen LogP contribution in [0.1, 0.15) is 38.2 Å². The quantitative estimate of drug-likeness (QED) is 0.244. The van der Waals surface area contributed by atoms with Crippen LogP contribution in [0.15, 0.2) is 66.7 Å². The zero-order valence-corrected chi connectivity index (χ0v) is 25.3. The Hall–Kier alpha value is -3.41. The number of urea groups is 1. The number of anilines is 2. The fourth-order valence-corrected chi connectivity index (χ4v) is 5.37. The highest BCUT2D eigenvalue weighted by Crippen LogP contribution is 2.25. The number of benzene rings is 3. The number of amides is 2. The van der Waals surface area contributed by atoms with E-state index >= 15 is 0 Å². The van der Waals surface area contributed by atoms with Gasteiger partial charge in [-0.1, -0.05) is 25.5 Å². The molecule has 8 nitrogen and oxygen atoms in total. The summed E-state index contributed by atoms with van der Waals surface area (Å²) < 4.78 is 58.4. The second kappa shape index (κ2) is 15.2. The fraction of sp³-hybridized carbons (Fsp3) is 0.367. The van der Waals surface area contributed by atoms with Gasteiger partial charge in [-0.05, 0) is 73.4 Å². The summed E-state index contributed by atoms with van der Waals surface area (Å²) >= 11 is 0. The van der Waals surface area contributed by atoms with E-state index in [9.17, 15) is 22.0 Å². The molecule has 228 valence electrons. The molecule has 42 heavy (non-hydrogen) atoms. The largest absolute Gasteiger partial charge is 0.457 e. The molecule has 0 spiro atoms. The molecular formula is C30H37ClF2N4O4S. The van der Waals surface area contributed by atoms with Crippen LogP contribution in [0.4, 0.5) is 25.0 Å². The summed E-state index contributed by atoms with van der Waals surface area (Å²) in [5, 5.41) is 2.62. The van der Waals surface area contributed by atoms with E-state index in [0.29, 0.717) is 23.7 Å². The lowest BCUT2D eigenvalue weighted by atomic mass is 10.0. The SMILES string of the molecule is CCCCN(C(=O)Nc1ccc(F)cc1F)C1CCN(Cc2ccc(Oc3ccc(NS(C)(=O)=O)cc3)cc2)CC1.Cl. The summed E-state index contributed by atoms with van der Waals surface area (Å²) in [6.45, 7) is 5.04. The molecule has 1 fully saturated rings. The first-order chi connectivity index (χ1) is 19.6. The first kappa shape index (κ1) is 33.1. The van der Waals surface area contributed by atoms with Gasteiger partial charge in [0.2, 0.25) is 10.0 Å². The van der Waals surface area contributed by atoms with E-state index < -0.39 is 21.7 Å². The van der Waals surface area contributed by atoms with E-state index in [-0.39, 0.29) is 30.2 Å². The van der Waals surface area contributed by atoms with Gasteiger partial charge in [0.1, 0.15) is 23.1 Å². The molecule has 4 rings (SSSR count). The molecule has 0 aliphatic carbocycles. The fourth-order valence-electron chi connectivity index (χ4n) is 4.81. The first-order valence-electron chi connectivity index (χ1n) is 13.7. The van der Waals surface area contributed by atoms with Crippen LogP contribution in [0, 0.1) is 11.6 Å². The maximum atomic E-state index is 14.1. The number of nitrogens with zero attached hydrogens (tertiary/aromatic N) is 2. The number of carbonyl (C=O) groups excluding carboxylic acids is 1. The third kappa shape index (κ3) is 9.85. The number of rotatable bonds is 11. The smallest absolute Gasteiger partial charge is 0.322 e. The van der Waals surface area contributed by atoms with Gasteiger partial charge in [-0.3, -0.25) is 9.62 Å². The summed E-state index contributed by atoms with van der Waals surface area (Å²) in [7, 11) is -3.33. The highest BCUT2D eigenvalue weighted by molar-refractivity contribution is 7.92. The van der Waals surface area contributed by atoms with E-state index in [1.165, 1.54) is 6.07 Å². The Balaban J connectivity index is 0.00000484. The molecule has 0 unspecified atom stereocenters. The number of carbonyl (C=O) groups is 1. The minimum Gasteiger partial charge on any atom is -0.457 e. The number of hydrogen-bond donors (Lipinski definition) is 2. The van der Waals surface area contributed by atoms with Gasteiger partial charge < -0.3 is 15.0 Å². The van der Waals surface area contributed by atoms with Crippen molar-refractivity contribution < 1.29 is 26.7 Å². The second-order valence-corrected chi connectivity index (χ2v) is 12.0. The van der Waals surface area contributed by atoms with Crippen molar-refractivity contribution in [2.24, 2.45) is 0 Å². The molecule has 1 aliphatic heterocycles. The predicted molar refractivity (Wildman–Crippen MR) is 164 cm³/mol. The van der Waals surface area contributed by atoms with Crippen LogP contribution < -0.4 is 14.8 Å². The van der Waals surface area contributed by atoms with Crippen LogP contribution in [0.2, 0.25) is 0 Å². The number of unbranched alkanes of at least 4 members (excludes halogenated alkanes) is 1. The summed E-state index contributed by atoms with van der Waals surface area (Å²) in [5.41, 5.74) is 1.58. The molecule has 1 heterocycles. The van der Waals surface area contributed by atoms with Gasteiger partial charge in [-0.15, -0.1) is 12.4 Å². The highest BCUT2D eigenvalue weighted by Gasteiger charge is 2.28. The number of hydrogen-bond acceptors (Lipinski definition) is 5. The Kier molecular flexibility index (Phi) is 12.0. The lowest BCUT2D eigenvalue weighted by Crippen LogP contribution is -2.49. The van der Waals surface area contributed by atoms with E-state index in [0.717, 1.165) is 69.3 Å². The molecule has 3 aromatic carbocycles. The average molecular weight is 623 g/mol. The summed E-state index contributed by atoms with van der Waals surface area (Å²) in [6.07, 6.45) is 4.47. The van der Waals surface area contributed by atoms with Gasteiger partial charge in [-0.25, -0.2) is 22.0 Å². The van der Waals surface area contributed by atoms with Crippen LogP contribution in [-0.2, 0) is 16.6 Å². The molecule has 12 heteroatoms. The van der Waals surface area contributed by atoms with Crippen LogP contribution >= 0.6 is 12.4 Å². The third-order valence-electron chi connectivity index (χ3n) is 6.91. The van der Waals surface area contributed by atoms with Crippen molar-refractivity contribution in [2.45, 2.75) is 45.2 Å². The number of sulfonamides is 1. The minimum absolute atomic E-state index is 0. The lowest BCUT2D eigenvalue weighted by molar-refractivity contribution is 0.122. The topological polar surface area (TPSA) is 91.0 Å². The zero-order chi connectivity index (χ0) is 29.4. The standard InChI is InChI=1S/C30H36F2N4O4S.ClH/c1-3-4-17-36(30(37)33-29-14-7-23(31)20-28(29)32)25-15-18-35(19-16-25)21-22-5-10-26(11-6-22)40-27-12-8-24(9-13-27)34-41(2,38)39;/h5-14,20,25,34H,3-4,15-19,21H2,1-2H3,(H,33,37);1H. The van der Waals surface area contributed by atoms with Crippen molar-refractivity contribution in [1.29, 1.82) is 0 Å². The predicted octanol–water partition coefficient (Wildman–Crippen LogP) is 6.85. The Bertz CT molecular complexity index is 1420. The van der Waals surface area contributed by atoms with Crippen LogP contribution in [0.25, 0.3) is 0 Å². The lowest BCUT2D eigenvalue weighted by Gasteiger charge is -2.38. The van der Waals surface area contributed by atoms with Gasteiger partial charge in [-0.2, -0.15) is 0 Å². The highest BCUT2D eigenvalue weighted by atomic mass is 35.5. The summed E-state index contributed by atoms with van der Waals surface area (Å²) in [6, 6.07) is 17.3. The van der Waals surface area contributed by atoms with Crippen molar-refractivity contribution in [2.75, 3.05) is 35.9 Å². The summed E-state index contributed by atoms with van der Waals surface area (Å²) in [4.78, 5) is 17.2. The minimum atomic E-state index is -3.33. The zero-order valence-electron chi connectivity index (χ0n) is 23.7. The molecule has 1 aliphatic rings. The number of nitrogens with one attached hydrogen (secondary N) is 2. The second-order valence-electron chi connectivity index (χ2n) is 10.3. The third-order valence-corrected chi connectivity index (χ3v) is 7.51. The van der Waals surface area contributed by atoms with Crippen molar-refractivity contribution in [1.82, 2.24) is 9.80 Å². The molecule has 0 aromatic heterocycles. The number of ether oxygens (including phenoxy) is 1. The van der Waals surface area contributed by atoms with Crippen molar-refractivity contribution in [3.05, 3.63) is 83.9 Å². The Morgan fingerprint density at radius 3 is 2.19 bits per heavy atom. The molecule has 0 radical (unpaired) electrons. The van der Waals surface area contributed by atoms with Crippen molar-refractivity contribution in [3.8, 4) is 11.5 Å². The van der Waals surface area contributed by atoms with Crippen LogP contribution in [-0.4, -0.2) is 56.2 Å². The molecule has 1 saturated heterocycles. The molecule has 2 amide bonds. The van der Waals surface area contributed by atoms with Crippen molar-refractivity contribution in [3.63, 3.8) is 0 Å². The van der Waals surface area contributed by atoms with E-state index in [1.54, 1.807) is 29.2 Å². The average Bonchev–Trinajstić information content (AvgIpc) is 2.93. The maximum absolute atomic E-state index is 14.1. The number of piperidine rings is 1. The van der Waals surface area contributed by atoms with Crippen LogP contribution in [0.5, 0.6) is 11.5 Å². The van der Waals surface area contributed by atoms with E-state index in [1.807, 2.05) is 24.3 Å². The van der Waals surface area contributed by atoms with E-state index in [4.69, 9.17) is 4.74 Å². The molecule has 0 saturated carbocycles.